The highest BCUT2D eigenvalue weighted by atomic mass is 19.1. The van der Waals surface area contributed by atoms with Crippen LogP contribution in [0.4, 0.5) is 4.39 Å². The van der Waals surface area contributed by atoms with E-state index < -0.39 is 0 Å². The average Bonchev–Trinajstić information content (AvgIpc) is 2.82. The second-order valence-corrected chi connectivity index (χ2v) is 4.37. The van der Waals surface area contributed by atoms with Gasteiger partial charge in [-0.2, -0.15) is 5.10 Å². The number of fused-ring (bicyclic) bond motifs is 1. The number of hydrogen-bond acceptors (Lipinski definition) is 2. The van der Waals surface area contributed by atoms with Crippen molar-refractivity contribution in [2.75, 3.05) is 0 Å². The average molecular weight is 254 g/mol. The minimum Gasteiger partial charge on any atom is -0.294 e. The van der Waals surface area contributed by atoms with E-state index in [-0.39, 0.29) is 11.6 Å². The van der Waals surface area contributed by atoms with Crippen LogP contribution >= 0.6 is 0 Å². The summed E-state index contributed by atoms with van der Waals surface area (Å²) >= 11 is 0. The Kier molecular flexibility index (Phi) is 2.63. The Morgan fingerprint density at radius 2 is 1.79 bits per heavy atom. The first-order chi connectivity index (χ1) is 9.15. The summed E-state index contributed by atoms with van der Waals surface area (Å²) in [4.78, 5) is 11.4. The van der Waals surface area contributed by atoms with Gasteiger partial charge in [0.05, 0.1) is 17.3 Å². The second kappa shape index (κ2) is 4.31. The number of rotatable bonds is 2. The van der Waals surface area contributed by atoms with E-state index in [2.05, 4.69) is 5.10 Å². The first kappa shape index (κ1) is 11.6. The Morgan fingerprint density at radius 3 is 2.47 bits per heavy atom. The van der Waals surface area contributed by atoms with Crippen molar-refractivity contribution in [3.8, 4) is 11.1 Å². The zero-order valence-corrected chi connectivity index (χ0v) is 10.3. The molecular weight excluding hydrogens is 243 g/mol. The fraction of sp³-hybridized carbons (Fsp3) is 0.0667. The molecule has 0 radical (unpaired) electrons. The van der Waals surface area contributed by atoms with Crippen LogP contribution in [0.15, 0.2) is 48.8 Å². The van der Waals surface area contributed by atoms with Crippen LogP contribution < -0.4 is 0 Å². The lowest BCUT2D eigenvalue weighted by Gasteiger charge is -2.03. The van der Waals surface area contributed by atoms with E-state index in [4.69, 9.17) is 0 Å². The third kappa shape index (κ3) is 2.01. The maximum atomic E-state index is 12.9. The van der Waals surface area contributed by atoms with E-state index in [1.165, 1.54) is 19.1 Å². The summed E-state index contributed by atoms with van der Waals surface area (Å²) in [5.74, 6) is -0.271. The molecule has 0 saturated carbocycles. The van der Waals surface area contributed by atoms with Crippen LogP contribution in [0.1, 0.15) is 17.3 Å². The van der Waals surface area contributed by atoms with Gasteiger partial charge in [-0.1, -0.05) is 18.2 Å². The van der Waals surface area contributed by atoms with Gasteiger partial charge in [-0.25, -0.2) is 8.91 Å². The number of ketones is 1. The van der Waals surface area contributed by atoms with Crippen LogP contribution in [0.2, 0.25) is 0 Å². The highest BCUT2D eigenvalue weighted by Crippen LogP contribution is 2.21. The lowest BCUT2D eigenvalue weighted by molar-refractivity contribution is 0.101. The van der Waals surface area contributed by atoms with Gasteiger partial charge in [0, 0.05) is 11.8 Å². The third-order valence-electron chi connectivity index (χ3n) is 3.07. The van der Waals surface area contributed by atoms with Crippen LogP contribution in [0, 0.1) is 5.82 Å². The number of carbonyl (C=O) groups is 1. The molecule has 1 aromatic carbocycles. The SMILES string of the molecule is CC(=O)c1cnn2cc(-c3ccc(F)cc3)ccc12. The lowest BCUT2D eigenvalue weighted by atomic mass is 10.1. The molecule has 0 aliphatic rings. The Morgan fingerprint density at radius 1 is 1.11 bits per heavy atom. The molecular formula is C15H11FN2O. The van der Waals surface area contributed by atoms with Crippen molar-refractivity contribution in [3.63, 3.8) is 0 Å². The van der Waals surface area contributed by atoms with Crippen molar-refractivity contribution >= 4 is 11.3 Å². The Bertz CT molecular complexity index is 759. The smallest absolute Gasteiger partial charge is 0.163 e. The van der Waals surface area contributed by atoms with E-state index >= 15 is 0 Å². The standard InChI is InChI=1S/C15H11FN2O/c1-10(19)14-8-17-18-9-12(4-7-15(14)18)11-2-5-13(16)6-3-11/h2-9H,1H3. The normalized spacial score (nSPS) is 10.8. The molecule has 0 atom stereocenters. The van der Waals surface area contributed by atoms with Crippen molar-refractivity contribution in [1.82, 2.24) is 9.61 Å². The fourth-order valence-corrected chi connectivity index (χ4v) is 2.07. The molecule has 3 nitrogen and oxygen atoms in total. The molecule has 0 saturated heterocycles. The molecule has 3 rings (SSSR count). The molecule has 0 spiro atoms. The summed E-state index contributed by atoms with van der Waals surface area (Å²) in [6.07, 6.45) is 3.39. The molecule has 0 amide bonds. The van der Waals surface area contributed by atoms with Crippen molar-refractivity contribution < 1.29 is 9.18 Å². The van der Waals surface area contributed by atoms with Gasteiger partial charge in [0.2, 0.25) is 0 Å². The highest BCUT2D eigenvalue weighted by Gasteiger charge is 2.09. The second-order valence-electron chi connectivity index (χ2n) is 4.37. The molecule has 0 aliphatic heterocycles. The third-order valence-corrected chi connectivity index (χ3v) is 3.07. The van der Waals surface area contributed by atoms with Gasteiger partial charge in [-0.3, -0.25) is 4.79 Å². The Balaban J connectivity index is 2.12. The van der Waals surface area contributed by atoms with E-state index in [0.29, 0.717) is 5.56 Å². The molecule has 0 bridgehead atoms. The minimum atomic E-state index is -0.261. The van der Waals surface area contributed by atoms with Crippen LogP contribution in [-0.2, 0) is 0 Å². The van der Waals surface area contributed by atoms with Crippen molar-refractivity contribution in [3.05, 3.63) is 60.2 Å². The Labute approximate surface area is 109 Å². The van der Waals surface area contributed by atoms with E-state index in [0.717, 1.165) is 16.6 Å². The molecule has 2 heterocycles. The summed E-state index contributed by atoms with van der Waals surface area (Å²) in [5.41, 5.74) is 3.21. The van der Waals surface area contributed by atoms with Crippen LogP contribution in [0.25, 0.3) is 16.6 Å². The van der Waals surface area contributed by atoms with Crippen LogP contribution in [0.3, 0.4) is 0 Å². The van der Waals surface area contributed by atoms with Gasteiger partial charge in [0.1, 0.15) is 5.82 Å². The summed E-state index contributed by atoms with van der Waals surface area (Å²) in [6, 6.07) is 10.0. The van der Waals surface area contributed by atoms with E-state index in [1.807, 2.05) is 18.3 Å². The monoisotopic (exact) mass is 254 g/mol. The van der Waals surface area contributed by atoms with Gasteiger partial charge in [-0.05, 0) is 30.7 Å². The predicted octanol–water partition coefficient (Wildman–Crippen LogP) is 3.34. The minimum absolute atomic E-state index is 0.00969. The molecule has 0 aliphatic carbocycles. The van der Waals surface area contributed by atoms with Gasteiger partial charge in [0.15, 0.2) is 5.78 Å². The quantitative estimate of drug-likeness (QED) is 0.657. The number of pyridine rings is 1. The Hall–Kier alpha value is -2.49. The summed E-state index contributed by atoms with van der Waals surface area (Å²) < 4.78 is 14.6. The number of aromatic nitrogens is 2. The largest absolute Gasteiger partial charge is 0.294 e. The number of benzene rings is 1. The topological polar surface area (TPSA) is 34.4 Å². The summed E-state index contributed by atoms with van der Waals surface area (Å²) in [5, 5.41) is 4.17. The van der Waals surface area contributed by atoms with E-state index in [1.54, 1.807) is 22.8 Å². The number of hydrogen-bond donors (Lipinski definition) is 0. The molecule has 2 aromatic heterocycles. The summed E-state index contributed by atoms with van der Waals surface area (Å²) in [6.45, 7) is 1.52. The first-order valence-corrected chi connectivity index (χ1v) is 5.89. The van der Waals surface area contributed by atoms with Crippen molar-refractivity contribution in [2.24, 2.45) is 0 Å². The molecule has 0 N–H and O–H groups in total. The molecule has 0 unspecified atom stereocenters. The van der Waals surface area contributed by atoms with Gasteiger partial charge in [0.25, 0.3) is 0 Å². The summed E-state index contributed by atoms with van der Waals surface area (Å²) in [7, 11) is 0. The zero-order valence-electron chi connectivity index (χ0n) is 10.3. The lowest BCUT2D eigenvalue weighted by Crippen LogP contribution is -1.92. The fourth-order valence-electron chi connectivity index (χ4n) is 2.07. The van der Waals surface area contributed by atoms with Crippen molar-refractivity contribution in [1.29, 1.82) is 0 Å². The van der Waals surface area contributed by atoms with Gasteiger partial charge >= 0.3 is 0 Å². The molecule has 0 fully saturated rings. The molecule has 3 aromatic rings. The predicted molar refractivity (Wildman–Crippen MR) is 70.6 cm³/mol. The number of Topliss-reactive ketones (excluding diaryl/α,β-unsaturated/α-hetero) is 1. The number of nitrogens with zero attached hydrogens (tertiary/aromatic N) is 2. The maximum absolute atomic E-state index is 12.9. The van der Waals surface area contributed by atoms with E-state index in [9.17, 15) is 9.18 Å². The number of carbonyl (C=O) groups excluding carboxylic acids is 1. The number of halogens is 1. The van der Waals surface area contributed by atoms with Crippen LogP contribution in [0.5, 0.6) is 0 Å². The molecule has 94 valence electrons. The van der Waals surface area contributed by atoms with Gasteiger partial charge in [-0.15, -0.1) is 0 Å². The first-order valence-electron chi connectivity index (χ1n) is 5.89. The molecule has 19 heavy (non-hydrogen) atoms. The zero-order chi connectivity index (χ0) is 13.4. The molecule has 4 heteroatoms. The van der Waals surface area contributed by atoms with Gasteiger partial charge < -0.3 is 0 Å². The van der Waals surface area contributed by atoms with Crippen molar-refractivity contribution in [2.45, 2.75) is 6.92 Å². The van der Waals surface area contributed by atoms with Crippen LogP contribution in [-0.4, -0.2) is 15.4 Å². The highest BCUT2D eigenvalue weighted by molar-refractivity contribution is 6.00. The maximum Gasteiger partial charge on any atom is 0.163 e.